The number of rotatable bonds is 8. The molecule has 0 spiro atoms. The third-order valence-electron chi connectivity index (χ3n) is 5.43. The number of hydrogen-bond donors (Lipinski definition) is 3. The number of nitrogens with one attached hydrogen (secondary N) is 3. The summed E-state index contributed by atoms with van der Waals surface area (Å²) in [5.41, 5.74) is 2.22. The van der Waals surface area contributed by atoms with E-state index in [1.54, 1.807) is 24.4 Å². The Balaban J connectivity index is 1.48. The molecule has 0 aliphatic carbocycles. The zero-order valence-corrected chi connectivity index (χ0v) is 19.1. The SMILES string of the molecule is C=CC(=C)Nc1ccc(F)c(Nc2nc(Nc3cnn(C4CCN(C)CC4)c3)ncc2Cl)c1. The van der Waals surface area contributed by atoms with Gasteiger partial charge < -0.3 is 20.9 Å². The van der Waals surface area contributed by atoms with Crippen molar-refractivity contribution in [2.45, 2.75) is 18.9 Å². The molecule has 1 fully saturated rings. The number of nitrogens with zero attached hydrogens (tertiary/aromatic N) is 5. The highest BCUT2D eigenvalue weighted by Crippen LogP contribution is 2.29. The molecule has 0 radical (unpaired) electrons. The summed E-state index contributed by atoms with van der Waals surface area (Å²) >= 11 is 6.26. The molecule has 10 heteroatoms. The van der Waals surface area contributed by atoms with Gasteiger partial charge >= 0.3 is 0 Å². The van der Waals surface area contributed by atoms with Crippen molar-refractivity contribution in [1.29, 1.82) is 0 Å². The first-order valence-electron chi connectivity index (χ1n) is 10.6. The molecule has 0 unspecified atom stereocenters. The van der Waals surface area contributed by atoms with Crippen LogP contribution in [0.4, 0.5) is 33.2 Å². The first-order chi connectivity index (χ1) is 15.9. The lowest BCUT2D eigenvalue weighted by atomic mass is 10.1. The smallest absolute Gasteiger partial charge is 0.229 e. The lowest BCUT2D eigenvalue weighted by Gasteiger charge is -2.28. The molecule has 0 bridgehead atoms. The van der Waals surface area contributed by atoms with E-state index in [1.165, 1.54) is 12.3 Å². The number of anilines is 5. The van der Waals surface area contributed by atoms with E-state index in [2.05, 4.69) is 56.1 Å². The molecular weight excluding hydrogens is 443 g/mol. The normalized spacial score (nSPS) is 14.6. The molecule has 1 aliphatic heterocycles. The minimum absolute atomic E-state index is 0.207. The molecule has 3 N–H and O–H groups in total. The van der Waals surface area contributed by atoms with Gasteiger partial charge in [0.1, 0.15) is 10.8 Å². The van der Waals surface area contributed by atoms with Crippen molar-refractivity contribution in [3.05, 3.63) is 72.6 Å². The number of benzene rings is 1. The van der Waals surface area contributed by atoms with E-state index in [9.17, 15) is 4.39 Å². The predicted octanol–water partition coefficient (Wildman–Crippen LogP) is 5.33. The fourth-order valence-corrected chi connectivity index (χ4v) is 3.71. The summed E-state index contributed by atoms with van der Waals surface area (Å²) in [6, 6.07) is 4.92. The summed E-state index contributed by atoms with van der Waals surface area (Å²) in [5, 5.41) is 13.9. The number of likely N-dealkylation sites (tertiary alicyclic amines) is 1. The molecule has 1 aliphatic rings. The maximum absolute atomic E-state index is 14.4. The Bertz CT molecular complexity index is 1150. The Hall–Kier alpha value is -3.43. The zero-order valence-electron chi connectivity index (χ0n) is 18.4. The molecule has 1 aromatic carbocycles. The van der Waals surface area contributed by atoms with E-state index in [4.69, 9.17) is 11.6 Å². The summed E-state index contributed by atoms with van der Waals surface area (Å²) in [6.45, 7) is 9.56. The van der Waals surface area contributed by atoms with Crippen molar-refractivity contribution >= 4 is 40.4 Å². The van der Waals surface area contributed by atoms with E-state index in [1.807, 2.05) is 10.9 Å². The maximum Gasteiger partial charge on any atom is 0.229 e. The van der Waals surface area contributed by atoms with Gasteiger partial charge in [-0.05, 0) is 57.3 Å². The molecule has 8 nitrogen and oxygen atoms in total. The highest BCUT2D eigenvalue weighted by atomic mass is 35.5. The molecule has 172 valence electrons. The summed E-state index contributed by atoms with van der Waals surface area (Å²) in [7, 11) is 2.13. The topological polar surface area (TPSA) is 82.9 Å². The second kappa shape index (κ2) is 10.0. The third-order valence-corrected chi connectivity index (χ3v) is 5.71. The average molecular weight is 469 g/mol. The van der Waals surface area contributed by atoms with Crippen LogP contribution in [0.5, 0.6) is 0 Å². The molecule has 1 saturated heterocycles. The van der Waals surface area contributed by atoms with Crippen LogP contribution >= 0.6 is 11.6 Å². The van der Waals surface area contributed by atoms with Gasteiger partial charge in [-0.15, -0.1) is 0 Å². The minimum atomic E-state index is -0.451. The molecule has 2 aromatic heterocycles. The van der Waals surface area contributed by atoms with E-state index < -0.39 is 5.82 Å². The van der Waals surface area contributed by atoms with Crippen molar-refractivity contribution < 1.29 is 4.39 Å². The molecule has 0 amide bonds. The molecule has 4 rings (SSSR count). The maximum atomic E-state index is 14.4. The molecule has 33 heavy (non-hydrogen) atoms. The highest BCUT2D eigenvalue weighted by molar-refractivity contribution is 6.32. The number of halogens is 2. The number of allylic oxidation sites excluding steroid dienone is 1. The first kappa shape index (κ1) is 22.8. The number of aromatic nitrogens is 4. The molecule has 0 saturated carbocycles. The van der Waals surface area contributed by atoms with Gasteiger partial charge in [0.2, 0.25) is 5.95 Å². The number of hydrogen-bond acceptors (Lipinski definition) is 7. The third kappa shape index (κ3) is 5.68. The quantitative estimate of drug-likeness (QED) is 0.385. The summed E-state index contributed by atoms with van der Waals surface area (Å²) < 4.78 is 16.4. The monoisotopic (exact) mass is 468 g/mol. The molecular formula is C23H26ClFN8. The second-order valence-corrected chi connectivity index (χ2v) is 8.34. The first-order valence-corrected chi connectivity index (χ1v) is 11.0. The molecule has 0 atom stereocenters. The van der Waals surface area contributed by atoms with Gasteiger partial charge in [0.25, 0.3) is 0 Å². The zero-order chi connectivity index (χ0) is 23.4. The van der Waals surface area contributed by atoms with Crippen molar-refractivity contribution in [3.8, 4) is 0 Å². The standard InChI is InChI=1S/C23H26ClFN8/c1-4-15(2)28-16-5-6-20(25)21(11-16)30-22-19(24)13-26-23(31-22)29-17-12-27-33(14-17)18-7-9-32(3)10-8-18/h4-6,11-14,18,28H,1-2,7-10H2,3H3,(H2,26,29,30,31). The Morgan fingerprint density at radius 3 is 2.76 bits per heavy atom. The Labute approximate surface area is 197 Å². The Morgan fingerprint density at radius 2 is 2.00 bits per heavy atom. The van der Waals surface area contributed by atoms with Gasteiger partial charge in [-0.1, -0.05) is 24.8 Å². The summed E-state index contributed by atoms with van der Waals surface area (Å²) in [5.74, 6) is 0.142. The second-order valence-electron chi connectivity index (χ2n) is 7.93. The van der Waals surface area contributed by atoms with Crippen molar-refractivity contribution in [2.24, 2.45) is 0 Å². The largest absolute Gasteiger partial charge is 0.356 e. The van der Waals surface area contributed by atoms with Crippen LogP contribution in [0.3, 0.4) is 0 Å². The van der Waals surface area contributed by atoms with Crippen LogP contribution in [-0.4, -0.2) is 44.8 Å². The molecule has 3 heterocycles. The lowest BCUT2D eigenvalue weighted by molar-refractivity contribution is 0.212. The number of piperidine rings is 1. The van der Waals surface area contributed by atoms with Crippen LogP contribution in [0.1, 0.15) is 18.9 Å². The van der Waals surface area contributed by atoms with Gasteiger partial charge in [-0.3, -0.25) is 4.68 Å². The predicted molar refractivity (Wildman–Crippen MR) is 131 cm³/mol. The van der Waals surface area contributed by atoms with Crippen LogP contribution < -0.4 is 16.0 Å². The van der Waals surface area contributed by atoms with Gasteiger partial charge in [0, 0.05) is 17.6 Å². The van der Waals surface area contributed by atoms with Crippen molar-refractivity contribution in [3.63, 3.8) is 0 Å². The van der Waals surface area contributed by atoms with Crippen molar-refractivity contribution in [1.82, 2.24) is 24.6 Å². The van der Waals surface area contributed by atoms with Gasteiger partial charge in [-0.2, -0.15) is 10.1 Å². The summed E-state index contributed by atoms with van der Waals surface area (Å²) in [4.78, 5) is 11.0. The van der Waals surface area contributed by atoms with Crippen LogP contribution in [-0.2, 0) is 0 Å². The highest BCUT2D eigenvalue weighted by Gasteiger charge is 2.19. The lowest BCUT2D eigenvalue weighted by Crippen LogP contribution is -2.31. The average Bonchev–Trinajstić information content (AvgIpc) is 3.27. The Kier molecular flexibility index (Phi) is 6.90. The van der Waals surface area contributed by atoms with Crippen molar-refractivity contribution in [2.75, 3.05) is 36.1 Å². The summed E-state index contributed by atoms with van der Waals surface area (Å²) in [6.07, 6.45) is 8.84. The van der Waals surface area contributed by atoms with Crippen LogP contribution in [0.15, 0.2) is 61.7 Å². The van der Waals surface area contributed by atoms with E-state index in [-0.39, 0.29) is 16.5 Å². The van der Waals surface area contributed by atoms with Gasteiger partial charge in [0.05, 0.1) is 29.8 Å². The Morgan fingerprint density at radius 1 is 1.21 bits per heavy atom. The van der Waals surface area contributed by atoms with Crippen LogP contribution in [0, 0.1) is 5.82 Å². The van der Waals surface area contributed by atoms with Gasteiger partial charge in [-0.25, -0.2) is 9.37 Å². The van der Waals surface area contributed by atoms with E-state index in [0.717, 1.165) is 31.6 Å². The van der Waals surface area contributed by atoms with E-state index in [0.29, 0.717) is 23.4 Å². The minimum Gasteiger partial charge on any atom is -0.356 e. The van der Waals surface area contributed by atoms with Crippen LogP contribution in [0.2, 0.25) is 5.02 Å². The fourth-order valence-electron chi connectivity index (χ4n) is 3.57. The molecule has 3 aromatic rings. The van der Waals surface area contributed by atoms with Crippen LogP contribution in [0.25, 0.3) is 0 Å². The van der Waals surface area contributed by atoms with Gasteiger partial charge in [0.15, 0.2) is 5.82 Å². The fraction of sp³-hybridized carbons (Fsp3) is 0.261. The van der Waals surface area contributed by atoms with E-state index >= 15 is 0 Å².